The topological polar surface area (TPSA) is 105 Å². The molecule has 0 spiro atoms. The molecule has 8 nitrogen and oxygen atoms in total. The van der Waals surface area contributed by atoms with E-state index >= 15 is 0 Å². The molecule has 0 radical (unpaired) electrons. The number of esters is 1. The lowest BCUT2D eigenvalue weighted by Gasteiger charge is -2.20. The lowest BCUT2D eigenvalue weighted by molar-refractivity contribution is -0.133. The number of anilines is 1. The Morgan fingerprint density at radius 2 is 2.07 bits per heavy atom. The molecule has 2 aromatic rings. The Kier molecular flexibility index (Phi) is 6.04. The molecular formula is C19H21N3O5S2. The first-order valence-electron chi connectivity index (χ1n) is 9.06. The van der Waals surface area contributed by atoms with Gasteiger partial charge < -0.3 is 15.4 Å². The third kappa shape index (κ3) is 4.03. The zero-order valence-electron chi connectivity index (χ0n) is 16.2. The van der Waals surface area contributed by atoms with Crippen molar-refractivity contribution in [1.29, 1.82) is 0 Å². The number of thiophene rings is 2. The van der Waals surface area contributed by atoms with Gasteiger partial charge >= 0.3 is 12.0 Å². The second-order valence-electron chi connectivity index (χ2n) is 6.54. The molecule has 10 heteroatoms. The number of ether oxygens (including phenoxy) is 1. The molecule has 0 saturated carbocycles. The molecule has 29 heavy (non-hydrogen) atoms. The number of carbonyl (C=O) groups is 4. The molecule has 1 unspecified atom stereocenters. The maximum absolute atomic E-state index is 12.8. The zero-order valence-corrected chi connectivity index (χ0v) is 17.9. The fourth-order valence-corrected chi connectivity index (χ4v) is 4.73. The average molecular weight is 436 g/mol. The second-order valence-corrected chi connectivity index (χ2v) is 8.45. The molecule has 1 aliphatic rings. The van der Waals surface area contributed by atoms with Crippen molar-refractivity contribution in [2.75, 3.05) is 18.5 Å². The quantitative estimate of drug-likeness (QED) is 0.514. The van der Waals surface area contributed by atoms with Gasteiger partial charge in [0.1, 0.15) is 17.1 Å². The van der Waals surface area contributed by atoms with E-state index in [1.165, 1.54) is 22.7 Å². The van der Waals surface area contributed by atoms with E-state index in [-0.39, 0.29) is 12.2 Å². The summed E-state index contributed by atoms with van der Waals surface area (Å²) < 4.78 is 5.03. The van der Waals surface area contributed by atoms with E-state index in [1.807, 2.05) is 12.3 Å². The molecule has 3 heterocycles. The fraction of sp³-hybridized carbons (Fsp3) is 0.368. The van der Waals surface area contributed by atoms with Crippen LogP contribution in [0.2, 0.25) is 0 Å². The Bertz CT molecular complexity index is 953. The predicted octanol–water partition coefficient (Wildman–Crippen LogP) is 2.95. The van der Waals surface area contributed by atoms with Crippen molar-refractivity contribution in [3.05, 3.63) is 38.9 Å². The van der Waals surface area contributed by atoms with Crippen LogP contribution < -0.4 is 10.6 Å². The first kappa shape index (κ1) is 21.0. The van der Waals surface area contributed by atoms with Crippen LogP contribution in [0.1, 0.15) is 41.6 Å². The predicted molar refractivity (Wildman–Crippen MR) is 110 cm³/mol. The van der Waals surface area contributed by atoms with Crippen molar-refractivity contribution >= 4 is 51.5 Å². The van der Waals surface area contributed by atoms with Crippen LogP contribution in [0.3, 0.4) is 0 Å². The minimum Gasteiger partial charge on any atom is -0.462 e. The van der Waals surface area contributed by atoms with Crippen molar-refractivity contribution in [3.8, 4) is 0 Å². The van der Waals surface area contributed by atoms with Crippen LogP contribution in [0, 0.1) is 0 Å². The summed E-state index contributed by atoms with van der Waals surface area (Å²) in [6.45, 7) is 5.01. The highest BCUT2D eigenvalue weighted by atomic mass is 32.1. The van der Waals surface area contributed by atoms with E-state index in [2.05, 4.69) is 10.6 Å². The Balaban J connectivity index is 1.75. The Labute approximate surface area is 175 Å². The van der Waals surface area contributed by atoms with Crippen LogP contribution in [0.25, 0.3) is 0 Å². The van der Waals surface area contributed by atoms with Gasteiger partial charge in [-0.05, 0) is 48.7 Å². The Hall–Kier alpha value is -2.72. The van der Waals surface area contributed by atoms with Gasteiger partial charge in [0.25, 0.3) is 5.91 Å². The molecular weight excluding hydrogens is 414 g/mol. The van der Waals surface area contributed by atoms with Gasteiger partial charge in [0.2, 0.25) is 5.91 Å². The molecule has 0 bridgehead atoms. The van der Waals surface area contributed by atoms with Crippen LogP contribution in [-0.2, 0) is 26.3 Å². The van der Waals surface area contributed by atoms with Crippen molar-refractivity contribution in [1.82, 2.24) is 10.2 Å². The van der Waals surface area contributed by atoms with E-state index in [4.69, 9.17) is 4.74 Å². The molecule has 154 valence electrons. The van der Waals surface area contributed by atoms with Crippen molar-refractivity contribution < 1.29 is 23.9 Å². The summed E-state index contributed by atoms with van der Waals surface area (Å²) in [6.07, 6.45) is 0.693. The number of rotatable bonds is 7. The number of urea groups is 1. The number of imide groups is 1. The summed E-state index contributed by atoms with van der Waals surface area (Å²) in [7, 11) is 0. The molecule has 3 rings (SSSR count). The highest BCUT2D eigenvalue weighted by Gasteiger charge is 2.49. The van der Waals surface area contributed by atoms with E-state index in [9.17, 15) is 19.2 Å². The average Bonchev–Trinajstić information content (AvgIpc) is 3.39. The maximum atomic E-state index is 12.8. The number of hydrogen-bond donors (Lipinski definition) is 2. The van der Waals surface area contributed by atoms with Crippen LogP contribution >= 0.6 is 22.7 Å². The zero-order chi connectivity index (χ0) is 21.2. The normalized spacial score (nSPS) is 18.7. The number of hydrogen-bond acceptors (Lipinski definition) is 7. The summed E-state index contributed by atoms with van der Waals surface area (Å²) in [5.41, 5.74) is -0.271. The lowest BCUT2D eigenvalue weighted by Crippen LogP contribution is -2.41. The largest absolute Gasteiger partial charge is 0.462 e. The molecule has 2 N–H and O–H groups in total. The third-order valence-corrected chi connectivity index (χ3v) is 6.43. The highest BCUT2D eigenvalue weighted by Crippen LogP contribution is 2.31. The van der Waals surface area contributed by atoms with Crippen molar-refractivity contribution in [2.45, 2.75) is 32.7 Å². The lowest BCUT2D eigenvalue weighted by atomic mass is 9.95. The molecule has 1 fully saturated rings. The van der Waals surface area contributed by atoms with E-state index < -0.39 is 35.9 Å². The summed E-state index contributed by atoms with van der Waals surface area (Å²) in [6, 6.07) is 2.81. The van der Waals surface area contributed by atoms with Gasteiger partial charge in [0.05, 0.1) is 12.2 Å². The summed E-state index contributed by atoms with van der Waals surface area (Å²) >= 11 is 2.68. The van der Waals surface area contributed by atoms with Crippen molar-refractivity contribution in [3.63, 3.8) is 0 Å². The van der Waals surface area contributed by atoms with Gasteiger partial charge in [-0.3, -0.25) is 14.5 Å². The van der Waals surface area contributed by atoms with Crippen LogP contribution in [0.5, 0.6) is 0 Å². The summed E-state index contributed by atoms with van der Waals surface area (Å²) in [4.78, 5) is 51.7. The van der Waals surface area contributed by atoms with E-state index in [0.29, 0.717) is 17.0 Å². The molecule has 1 atom stereocenters. The van der Waals surface area contributed by atoms with E-state index in [0.717, 1.165) is 9.78 Å². The highest BCUT2D eigenvalue weighted by molar-refractivity contribution is 7.16. The van der Waals surface area contributed by atoms with Crippen LogP contribution in [0.4, 0.5) is 9.80 Å². The maximum Gasteiger partial charge on any atom is 0.341 e. The molecule has 1 saturated heterocycles. The molecule has 4 amide bonds. The van der Waals surface area contributed by atoms with Gasteiger partial charge in [0, 0.05) is 4.88 Å². The van der Waals surface area contributed by atoms with Gasteiger partial charge in [-0.2, -0.15) is 11.3 Å². The van der Waals surface area contributed by atoms with Gasteiger partial charge in [-0.25, -0.2) is 9.59 Å². The first-order valence-corrected chi connectivity index (χ1v) is 10.8. The molecule has 0 aromatic carbocycles. The molecule has 0 aliphatic carbocycles. The molecule has 1 aliphatic heterocycles. The minimum atomic E-state index is -1.20. The fourth-order valence-electron chi connectivity index (χ4n) is 2.96. The number of aryl methyl sites for hydroxylation is 1. The third-order valence-electron chi connectivity index (χ3n) is 4.56. The number of nitrogens with zero attached hydrogens (tertiary/aromatic N) is 1. The van der Waals surface area contributed by atoms with Gasteiger partial charge in [-0.1, -0.05) is 6.92 Å². The summed E-state index contributed by atoms with van der Waals surface area (Å²) in [5, 5.41) is 9.24. The Morgan fingerprint density at radius 3 is 2.69 bits per heavy atom. The number of nitrogens with one attached hydrogen (secondary N) is 2. The minimum absolute atomic E-state index is 0.215. The van der Waals surface area contributed by atoms with Crippen LogP contribution in [-0.4, -0.2) is 41.9 Å². The number of carbonyl (C=O) groups excluding carboxylic acids is 4. The van der Waals surface area contributed by atoms with E-state index in [1.54, 1.807) is 31.4 Å². The standard InChI is InChI=1S/C19H21N3O5S2/c1-4-12-8-13(16(24)27-5-2)15(29-12)20-14(23)9-22-17(25)19(3,21-18(22)26)11-6-7-28-10-11/h6-8,10H,4-5,9H2,1-3H3,(H,20,23)(H,21,26). The van der Waals surface area contributed by atoms with Gasteiger partial charge in [0.15, 0.2) is 0 Å². The van der Waals surface area contributed by atoms with Crippen molar-refractivity contribution in [2.24, 2.45) is 0 Å². The monoisotopic (exact) mass is 435 g/mol. The SMILES string of the molecule is CCOC(=O)c1cc(CC)sc1NC(=O)CN1C(=O)NC(C)(c2ccsc2)C1=O. The second kappa shape index (κ2) is 8.34. The molecule has 2 aromatic heterocycles. The Morgan fingerprint density at radius 1 is 1.31 bits per heavy atom. The summed E-state index contributed by atoms with van der Waals surface area (Å²) in [5.74, 6) is -1.60. The smallest absolute Gasteiger partial charge is 0.341 e. The first-order chi connectivity index (χ1) is 13.8. The van der Waals surface area contributed by atoms with Crippen LogP contribution in [0.15, 0.2) is 22.9 Å². The van der Waals surface area contributed by atoms with Gasteiger partial charge in [-0.15, -0.1) is 11.3 Å². The number of amides is 4.